The van der Waals surface area contributed by atoms with Crippen LogP contribution < -0.4 is 29.1 Å². The number of amides is 1. The van der Waals surface area contributed by atoms with E-state index in [0.29, 0.717) is 28.2 Å². The third-order valence-electron chi connectivity index (χ3n) is 5.23. The van der Waals surface area contributed by atoms with E-state index in [1.165, 1.54) is 0 Å². The van der Waals surface area contributed by atoms with Crippen molar-refractivity contribution in [1.82, 2.24) is 10.3 Å². The number of H-pyrrole nitrogens is 1. The van der Waals surface area contributed by atoms with Crippen molar-refractivity contribution in [1.29, 1.82) is 0 Å². The molecule has 27 heavy (non-hydrogen) atoms. The van der Waals surface area contributed by atoms with Crippen LogP contribution in [0.4, 0.5) is 5.69 Å². The Morgan fingerprint density at radius 1 is 1.26 bits per heavy atom. The summed E-state index contributed by atoms with van der Waals surface area (Å²) in [4.78, 5) is 28.6. The number of fused-ring (bicyclic) bond motifs is 1. The first kappa shape index (κ1) is 20.2. The van der Waals surface area contributed by atoms with Crippen LogP contribution in [0.5, 0.6) is 0 Å². The summed E-state index contributed by atoms with van der Waals surface area (Å²) < 4.78 is 0. The maximum atomic E-state index is 12.4. The van der Waals surface area contributed by atoms with Crippen LogP contribution in [-0.2, 0) is 0 Å². The van der Waals surface area contributed by atoms with Gasteiger partial charge in [0, 0.05) is 42.3 Å². The normalized spacial score (nSPS) is 22.8. The molecule has 1 unspecified atom stereocenters. The van der Waals surface area contributed by atoms with Crippen molar-refractivity contribution in [3.63, 3.8) is 0 Å². The molecule has 1 aliphatic carbocycles. The van der Waals surface area contributed by atoms with Crippen LogP contribution in [-0.4, -0.2) is 41.1 Å². The number of piperidine rings is 1. The number of aryl methyl sites for hydroxylation is 1. The second-order valence-corrected chi connectivity index (χ2v) is 7.60. The van der Waals surface area contributed by atoms with Crippen LogP contribution in [0, 0.1) is 18.8 Å². The van der Waals surface area contributed by atoms with Gasteiger partial charge in [-0.1, -0.05) is 29.3 Å². The topological polar surface area (TPSA) is 85.4 Å². The Labute approximate surface area is 179 Å². The Morgan fingerprint density at radius 2 is 1.93 bits per heavy atom. The molecule has 0 radical (unpaired) electrons. The zero-order valence-electron chi connectivity index (χ0n) is 15.9. The molecule has 6 nitrogen and oxygen atoms in total. The van der Waals surface area contributed by atoms with Gasteiger partial charge in [-0.05, 0) is 25.1 Å². The third kappa shape index (κ3) is 3.60. The molecule has 3 atom stereocenters. The van der Waals surface area contributed by atoms with Gasteiger partial charge in [-0.3, -0.25) is 4.79 Å². The van der Waals surface area contributed by atoms with E-state index in [1.807, 2.05) is 6.07 Å². The first-order chi connectivity index (χ1) is 12.4. The zero-order chi connectivity index (χ0) is 18.6. The molecule has 0 bridgehead atoms. The largest absolute Gasteiger partial charge is 1.00 e. The quantitative estimate of drug-likeness (QED) is 0.643. The molecule has 9 heteroatoms. The van der Waals surface area contributed by atoms with Crippen molar-refractivity contribution in [2.75, 3.05) is 18.0 Å². The van der Waals surface area contributed by atoms with E-state index in [9.17, 15) is 9.59 Å². The van der Waals surface area contributed by atoms with Crippen LogP contribution in [0.3, 0.4) is 0 Å². The van der Waals surface area contributed by atoms with Gasteiger partial charge in [-0.2, -0.15) is 0 Å². The average Bonchev–Trinajstić information content (AvgIpc) is 2.95. The number of carboxylic acids is 1. The molecule has 2 aliphatic rings. The van der Waals surface area contributed by atoms with Crippen molar-refractivity contribution in [2.24, 2.45) is 11.8 Å². The molecular weight excluding hydrogens is 384 g/mol. The number of aromatic nitrogens is 1. The van der Waals surface area contributed by atoms with E-state index >= 15 is 0 Å². The predicted molar refractivity (Wildman–Crippen MR) is 101 cm³/mol. The van der Waals surface area contributed by atoms with Gasteiger partial charge in [-0.25, -0.2) is 4.79 Å². The molecule has 2 heterocycles. The number of nitrogens with zero attached hydrogens (tertiary/aromatic N) is 1. The minimum absolute atomic E-state index is 0. The number of carbonyl (C=O) groups excluding carboxylic acids is 1. The number of anilines is 1. The standard InChI is InChI=1S/C18H17Cl2N3O3.Li.H/c1-8-13(19)14(20)16(21-8)17(24)22-15-11-6-23(7-12(11)15)10-4-2-3-9(5-10)18(25)26;;/h2-5,11-12,15,21H,6-7H2,1H3,(H,22,24)(H,25,26);;/q;+1;-1/t11-,12+,15?;;. The summed E-state index contributed by atoms with van der Waals surface area (Å²) in [5.41, 5.74) is 2.14. The molecule has 138 valence electrons. The Kier molecular flexibility index (Phi) is 5.56. The molecule has 1 aromatic carbocycles. The Balaban J connectivity index is 0.00000140. The second-order valence-electron chi connectivity index (χ2n) is 6.84. The Morgan fingerprint density at radius 3 is 2.48 bits per heavy atom. The van der Waals surface area contributed by atoms with Gasteiger partial charge in [0.15, 0.2) is 0 Å². The Bertz CT molecular complexity index is 911. The fourth-order valence-corrected chi connectivity index (χ4v) is 4.16. The maximum Gasteiger partial charge on any atom is 1.00 e. The number of aromatic carboxylic acids is 1. The van der Waals surface area contributed by atoms with Crippen LogP contribution >= 0.6 is 23.2 Å². The number of carboxylic acid groups (broad SMARTS) is 1. The minimum atomic E-state index is -0.932. The average molecular weight is 402 g/mol. The van der Waals surface area contributed by atoms with Crippen LogP contribution in [0.25, 0.3) is 0 Å². The fourth-order valence-electron chi connectivity index (χ4n) is 3.74. The van der Waals surface area contributed by atoms with Gasteiger partial charge in [-0.15, -0.1) is 0 Å². The minimum Gasteiger partial charge on any atom is -1.00 e. The van der Waals surface area contributed by atoms with Gasteiger partial charge in [0.1, 0.15) is 5.69 Å². The summed E-state index contributed by atoms with van der Waals surface area (Å²) in [5, 5.41) is 12.8. The fraction of sp³-hybridized carbons (Fsp3) is 0.333. The zero-order valence-corrected chi connectivity index (χ0v) is 16.4. The van der Waals surface area contributed by atoms with E-state index in [1.54, 1.807) is 25.1 Å². The molecule has 3 N–H and O–H groups in total. The van der Waals surface area contributed by atoms with Crippen molar-refractivity contribution in [2.45, 2.75) is 13.0 Å². The molecule has 0 spiro atoms. The third-order valence-corrected chi connectivity index (χ3v) is 6.18. The van der Waals surface area contributed by atoms with Crippen molar-refractivity contribution in [3.05, 3.63) is 51.3 Å². The van der Waals surface area contributed by atoms with Crippen LogP contribution in [0.15, 0.2) is 24.3 Å². The number of hydrogen-bond donors (Lipinski definition) is 3. The first-order valence-electron chi connectivity index (χ1n) is 8.29. The maximum absolute atomic E-state index is 12.4. The van der Waals surface area contributed by atoms with E-state index in [-0.39, 0.29) is 42.8 Å². The summed E-state index contributed by atoms with van der Waals surface area (Å²) >= 11 is 12.1. The molecule has 2 aromatic rings. The van der Waals surface area contributed by atoms with Crippen molar-refractivity contribution < 1.29 is 35.0 Å². The number of nitrogens with one attached hydrogen (secondary N) is 2. The van der Waals surface area contributed by atoms with E-state index in [0.717, 1.165) is 18.8 Å². The van der Waals surface area contributed by atoms with Gasteiger partial charge < -0.3 is 21.7 Å². The molecule has 1 aliphatic heterocycles. The summed E-state index contributed by atoms with van der Waals surface area (Å²) in [7, 11) is 0. The smallest absolute Gasteiger partial charge is 1.00 e. The number of rotatable bonds is 4. The molecule has 1 saturated heterocycles. The van der Waals surface area contributed by atoms with Gasteiger partial charge in [0.25, 0.3) is 5.91 Å². The van der Waals surface area contributed by atoms with Gasteiger partial charge in [0.05, 0.1) is 15.6 Å². The second kappa shape index (κ2) is 7.44. The van der Waals surface area contributed by atoms with E-state index < -0.39 is 5.97 Å². The molecule has 4 rings (SSSR count). The van der Waals surface area contributed by atoms with Crippen LogP contribution in [0.1, 0.15) is 28.0 Å². The summed E-state index contributed by atoms with van der Waals surface area (Å²) in [6.45, 7) is 3.34. The summed E-state index contributed by atoms with van der Waals surface area (Å²) in [6, 6.07) is 7.04. The number of halogens is 2. The number of carbonyl (C=O) groups is 2. The summed E-state index contributed by atoms with van der Waals surface area (Å²) in [6.07, 6.45) is 0. The predicted octanol–water partition coefficient (Wildman–Crippen LogP) is 0.309. The number of hydrogen-bond acceptors (Lipinski definition) is 3. The summed E-state index contributed by atoms with van der Waals surface area (Å²) in [5.74, 6) is -0.461. The molecule has 1 saturated carbocycles. The van der Waals surface area contributed by atoms with E-state index in [2.05, 4.69) is 15.2 Å². The van der Waals surface area contributed by atoms with Crippen molar-refractivity contribution in [3.8, 4) is 0 Å². The first-order valence-corrected chi connectivity index (χ1v) is 9.05. The number of benzene rings is 1. The van der Waals surface area contributed by atoms with Gasteiger partial charge in [0.2, 0.25) is 0 Å². The number of aromatic amines is 1. The van der Waals surface area contributed by atoms with Gasteiger partial charge >= 0.3 is 24.8 Å². The molecular formula is C18H18Cl2LiN3O3. The van der Waals surface area contributed by atoms with Crippen molar-refractivity contribution >= 4 is 40.8 Å². The Hall–Kier alpha value is -1.58. The van der Waals surface area contributed by atoms with E-state index in [4.69, 9.17) is 28.3 Å². The SMILES string of the molecule is Cc1[nH]c(C(=O)NC2[C@H]3CN(c4cccc(C(=O)O)c4)C[C@@H]23)c(Cl)c1Cl.[H-].[Li+]. The van der Waals surface area contributed by atoms with Crippen LogP contribution in [0.2, 0.25) is 10.0 Å². The molecule has 2 fully saturated rings. The molecule has 1 amide bonds. The monoisotopic (exact) mass is 401 g/mol. The molecule has 1 aromatic heterocycles.